The fourth-order valence-corrected chi connectivity index (χ4v) is 2.96. The Morgan fingerprint density at radius 1 is 1.11 bits per heavy atom. The van der Waals surface area contributed by atoms with E-state index < -0.39 is 6.04 Å². The van der Waals surface area contributed by atoms with Crippen molar-refractivity contribution < 1.29 is 19.1 Å². The van der Waals surface area contributed by atoms with E-state index in [0.717, 1.165) is 5.56 Å². The van der Waals surface area contributed by atoms with Crippen molar-refractivity contribution in [2.75, 3.05) is 13.2 Å². The normalized spacial score (nSPS) is 11.7. The van der Waals surface area contributed by atoms with Gasteiger partial charge in [0.25, 0.3) is 0 Å². The number of halogens is 1. The summed E-state index contributed by atoms with van der Waals surface area (Å²) in [4.78, 5) is 27.4. The van der Waals surface area contributed by atoms with Gasteiger partial charge in [0.05, 0.1) is 0 Å². The summed E-state index contributed by atoms with van der Waals surface area (Å²) in [6.45, 7) is 2.41. The summed E-state index contributed by atoms with van der Waals surface area (Å²) in [5, 5.41) is 11.8. The highest BCUT2D eigenvalue weighted by Gasteiger charge is 2.30. The molecule has 0 radical (unpaired) electrons. The quantitative estimate of drug-likeness (QED) is 0.616. The maximum Gasteiger partial charge on any atom is 0.247 e. The lowest BCUT2D eigenvalue weighted by atomic mass is 10.0. The molecule has 2 N–H and O–H groups in total. The summed E-state index contributed by atoms with van der Waals surface area (Å²) in [7, 11) is 0. The smallest absolute Gasteiger partial charge is 0.247 e. The number of nitrogens with one attached hydrogen (secondary N) is 1. The van der Waals surface area contributed by atoms with Crippen LogP contribution >= 0.6 is 0 Å². The van der Waals surface area contributed by atoms with Gasteiger partial charge in [0.2, 0.25) is 11.8 Å². The number of carbonyl (C=O) groups excluding carboxylic acids is 2. The number of aliphatic hydroxyl groups is 1. The van der Waals surface area contributed by atoms with Gasteiger partial charge in [-0.2, -0.15) is 0 Å². The lowest BCUT2D eigenvalue weighted by Crippen LogP contribution is -2.43. The highest BCUT2D eigenvalue weighted by Crippen LogP contribution is 2.25. The third-order valence-electron chi connectivity index (χ3n) is 4.36. The van der Waals surface area contributed by atoms with E-state index in [1.165, 1.54) is 12.1 Å². The van der Waals surface area contributed by atoms with Gasteiger partial charge >= 0.3 is 0 Å². The van der Waals surface area contributed by atoms with Crippen LogP contribution < -0.4 is 5.32 Å². The molecule has 6 heteroatoms. The van der Waals surface area contributed by atoms with Crippen LogP contribution in [0.15, 0.2) is 54.6 Å². The predicted molar refractivity (Wildman–Crippen MR) is 106 cm³/mol. The fraction of sp³-hybridized carbons (Fsp3) is 0.364. The van der Waals surface area contributed by atoms with Crippen LogP contribution in [0.5, 0.6) is 0 Å². The van der Waals surface area contributed by atoms with Crippen LogP contribution in [0.2, 0.25) is 0 Å². The summed E-state index contributed by atoms with van der Waals surface area (Å²) in [6, 6.07) is 14.2. The van der Waals surface area contributed by atoms with Crippen molar-refractivity contribution >= 4 is 11.8 Å². The summed E-state index contributed by atoms with van der Waals surface area (Å²) in [5.74, 6) is -0.791. The van der Waals surface area contributed by atoms with Crippen molar-refractivity contribution in [3.63, 3.8) is 0 Å². The van der Waals surface area contributed by atoms with Crippen molar-refractivity contribution in [1.82, 2.24) is 10.2 Å². The molecule has 0 aromatic heterocycles. The molecular weight excluding hydrogens is 359 g/mol. The van der Waals surface area contributed by atoms with Crippen LogP contribution in [-0.4, -0.2) is 35.0 Å². The van der Waals surface area contributed by atoms with E-state index in [4.69, 9.17) is 5.11 Å². The number of hydrogen-bond acceptors (Lipinski definition) is 3. The first kappa shape index (κ1) is 21.6. The van der Waals surface area contributed by atoms with E-state index >= 15 is 0 Å². The average molecular weight is 386 g/mol. The number of aliphatic hydroxyl groups excluding tert-OH is 1. The maximum absolute atomic E-state index is 13.3. The molecule has 2 amide bonds. The van der Waals surface area contributed by atoms with Gasteiger partial charge < -0.3 is 15.3 Å². The first-order valence-electron chi connectivity index (χ1n) is 9.54. The van der Waals surface area contributed by atoms with Crippen LogP contribution in [0, 0.1) is 5.82 Å². The molecule has 150 valence electrons. The second-order valence-corrected chi connectivity index (χ2v) is 6.58. The average Bonchev–Trinajstić information content (AvgIpc) is 2.70. The van der Waals surface area contributed by atoms with Crippen molar-refractivity contribution in [1.29, 1.82) is 0 Å². The Labute approximate surface area is 165 Å². The van der Waals surface area contributed by atoms with Crippen LogP contribution in [0.3, 0.4) is 0 Å². The molecular formula is C22H27FN2O3. The molecule has 2 aromatic carbocycles. The lowest BCUT2D eigenvalue weighted by molar-refractivity contribution is -0.141. The van der Waals surface area contributed by atoms with Crippen LogP contribution in [0.1, 0.15) is 43.4 Å². The topological polar surface area (TPSA) is 69.6 Å². The third-order valence-corrected chi connectivity index (χ3v) is 4.36. The minimum absolute atomic E-state index is 0.0235. The van der Waals surface area contributed by atoms with Gasteiger partial charge in [0, 0.05) is 26.1 Å². The van der Waals surface area contributed by atoms with Crippen LogP contribution in [-0.2, 0) is 16.1 Å². The lowest BCUT2D eigenvalue weighted by Gasteiger charge is -2.31. The first-order valence-corrected chi connectivity index (χ1v) is 9.54. The van der Waals surface area contributed by atoms with Gasteiger partial charge in [-0.1, -0.05) is 49.4 Å². The Morgan fingerprint density at radius 3 is 2.39 bits per heavy atom. The van der Waals surface area contributed by atoms with Gasteiger partial charge in [-0.15, -0.1) is 0 Å². The number of benzene rings is 2. The zero-order chi connectivity index (χ0) is 20.4. The number of amides is 2. The van der Waals surface area contributed by atoms with Gasteiger partial charge in [-0.25, -0.2) is 4.39 Å². The van der Waals surface area contributed by atoms with Crippen molar-refractivity contribution in [3.8, 4) is 0 Å². The fourth-order valence-electron chi connectivity index (χ4n) is 2.96. The Hall–Kier alpha value is -2.73. The predicted octanol–water partition coefficient (Wildman–Crippen LogP) is 3.19. The van der Waals surface area contributed by atoms with Crippen molar-refractivity contribution in [2.24, 2.45) is 0 Å². The zero-order valence-corrected chi connectivity index (χ0v) is 16.1. The Bertz CT molecular complexity index is 750. The van der Waals surface area contributed by atoms with Gasteiger partial charge in [0.1, 0.15) is 11.9 Å². The summed E-state index contributed by atoms with van der Waals surface area (Å²) in [6.07, 6.45) is 1.41. The molecule has 2 rings (SSSR count). The van der Waals surface area contributed by atoms with E-state index in [1.807, 2.05) is 37.3 Å². The second kappa shape index (κ2) is 11.2. The molecule has 5 nitrogen and oxygen atoms in total. The SMILES string of the molecule is CCCC(=O)N(Cc1ccc(F)cc1)[C@@H](C(=O)NCCCO)c1ccccc1. The third kappa shape index (κ3) is 6.16. The maximum atomic E-state index is 13.3. The molecule has 0 spiro atoms. The molecule has 0 aliphatic heterocycles. The van der Waals surface area contributed by atoms with Crippen molar-refractivity contribution in [3.05, 3.63) is 71.5 Å². The number of carbonyl (C=O) groups is 2. The molecule has 0 aliphatic rings. The summed E-state index contributed by atoms with van der Waals surface area (Å²) in [5.41, 5.74) is 1.45. The Morgan fingerprint density at radius 2 is 1.79 bits per heavy atom. The highest BCUT2D eigenvalue weighted by atomic mass is 19.1. The Kier molecular flexibility index (Phi) is 8.62. The van der Waals surface area contributed by atoms with Crippen LogP contribution in [0.25, 0.3) is 0 Å². The molecule has 0 heterocycles. The summed E-state index contributed by atoms with van der Waals surface area (Å²) < 4.78 is 13.3. The number of nitrogens with zero attached hydrogens (tertiary/aromatic N) is 1. The van der Waals surface area contributed by atoms with Gasteiger partial charge in [0.15, 0.2) is 0 Å². The summed E-state index contributed by atoms with van der Waals surface area (Å²) >= 11 is 0. The monoisotopic (exact) mass is 386 g/mol. The van der Waals surface area contributed by atoms with Crippen molar-refractivity contribution in [2.45, 2.75) is 38.8 Å². The van der Waals surface area contributed by atoms with Gasteiger partial charge in [-0.3, -0.25) is 9.59 Å². The minimum Gasteiger partial charge on any atom is -0.396 e. The second-order valence-electron chi connectivity index (χ2n) is 6.58. The van der Waals surface area contributed by atoms with E-state index in [1.54, 1.807) is 17.0 Å². The van der Waals surface area contributed by atoms with Gasteiger partial charge in [-0.05, 0) is 36.1 Å². The molecule has 1 atom stereocenters. The van der Waals surface area contributed by atoms with E-state index in [0.29, 0.717) is 31.4 Å². The first-order chi connectivity index (χ1) is 13.6. The molecule has 2 aromatic rings. The van der Waals surface area contributed by atoms with Crippen LogP contribution in [0.4, 0.5) is 4.39 Å². The molecule has 0 fully saturated rings. The molecule has 0 unspecified atom stereocenters. The molecule has 0 saturated carbocycles. The largest absolute Gasteiger partial charge is 0.396 e. The zero-order valence-electron chi connectivity index (χ0n) is 16.1. The van der Waals surface area contributed by atoms with E-state index in [-0.39, 0.29) is 30.8 Å². The molecule has 0 aliphatic carbocycles. The Balaban J connectivity index is 2.36. The van der Waals surface area contributed by atoms with E-state index in [2.05, 4.69) is 5.32 Å². The van der Waals surface area contributed by atoms with E-state index in [9.17, 15) is 14.0 Å². The molecule has 28 heavy (non-hydrogen) atoms. The molecule has 0 saturated heterocycles. The number of hydrogen-bond donors (Lipinski definition) is 2. The number of rotatable bonds is 10. The minimum atomic E-state index is -0.802. The highest BCUT2D eigenvalue weighted by molar-refractivity contribution is 5.88. The molecule has 0 bridgehead atoms. The standard InChI is InChI=1S/C22H27FN2O3/c1-2-7-20(27)25(16-17-10-12-19(23)13-11-17)21(18-8-4-3-5-9-18)22(28)24-14-6-15-26/h3-5,8-13,21,26H,2,6-7,14-16H2,1H3,(H,24,28)/t21-/m1/s1.